The lowest BCUT2D eigenvalue weighted by molar-refractivity contribution is 0.0689. The summed E-state index contributed by atoms with van der Waals surface area (Å²) in [6, 6.07) is 7.97. The lowest BCUT2D eigenvalue weighted by Gasteiger charge is -2.17. The monoisotopic (exact) mass is 358 g/mol. The van der Waals surface area contributed by atoms with Crippen molar-refractivity contribution in [1.82, 2.24) is 10.3 Å². The summed E-state index contributed by atoms with van der Waals surface area (Å²) in [7, 11) is 0. The molecule has 26 heavy (non-hydrogen) atoms. The van der Waals surface area contributed by atoms with Crippen LogP contribution < -0.4 is 14.8 Å². The molecule has 0 aliphatic rings. The predicted octanol–water partition coefficient (Wildman–Crippen LogP) is 3.07. The van der Waals surface area contributed by atoms with E-state index in [1.807, 2.05) is 39.0 Å². The highest BCUT2D eigenvalue weighted by Gasteiger charge is 2.15. The number of aromatic nitrogens is 1. The quantitative estimate of drug-likeness (QED) is 0.753. The summed E-state index contributed by atoms with van der Waals surface area (Å²) < 4.78 is 11.1. The first-order valence-electron chi connectivity index (χ1n) is 8.36. The molecule has 2 N–H and O–H groups in total. The van der Waals surface area contributed by atoms with E-state index in [0.717, 1.165) is 5.56 Å². The van der Waals surface area contributed by atoms with Gasteiger partial charge in [-0.2, -0.15) is 0 Å². The van der Waals surface area contributed by atoms with Gasteiger partial charge in [-0.1, -0.05) is 6.07 Å². The number of hydrogen-bond donors (Lipinski definition) is 2. The number of nitrogens with zero attached hydrogens (tertiary/aromatic N) is 1. The first-order chi connectivity index (χ1) is 12.5. The zero-order valence-electron chi connectivity index (χ0n) is 15.0. The van der Waals surface area contributed by atoms with Gasteiger partial charge in [0.1, 0.15) is 5.69 Å². The van der Waals surface area contributed by atoms with Gasteiger partial charge in [0.05, 0.1) is 24.8 Å². The molecular formula is C19H22N2O5. The predicted molar refractivity (Wildman–Crippen MR) is 95.9 cm³/mol. The zero-order valence-corrected chi connectivity index (χ0v) is 15.0. The second-order valence-electron chi connectivity index (χ2n) is 5.50. The normalized spacial score (nSPS) is 11.5. The number of carbonyl (C=O) groups excluding carboxylic acids is 1. The highest BCUT2D eigenvalue weighted by molar-refractivity contribution is 5.95. The third-order valence-corrected chi connectivity index (χ3v) is 3.66. The van der Waals surface area contributed by atoms with Crippen molar-refractivity contribution in [2.75, 3.05) is 13.2 Å². The summed E-state index contributed by atoms with van der Waals surface area (Å²) in [4.78, 5) is 26.9. The number of carbonyl (C=O) groups is 2. The molecule has 0 saturated carbocycles. The third-order valence-electron chi connectivity index (χ3n) is 3.66. The Bertz CT molecular complexity index is 774. The Morgan fingerprint density at radius 2 is 1.81 bits per heavy atom. The van der Waals surface area contributed by atoms with Crippen LogP contribution in [0, 0.1) is 0 Å². The number of carboxylic acid groups (broad SMARTS) is 1. The Morgan fingerprint density at radius 1 is 1.12 bits per heavy atom. The first kappa shape index (κ1) is 19.2. The van der Waals surface area contributed by atoms with Crippen LogP contribution >= 0.6 is 0 Å². The van der Waals surface area contributed by atoms with Crippen LogP contribution in [0.2, 0.25) is 0 Å². The fourth-order valence-corrected chi connectivity index (χ4v) is 2.36. The molecule has 0 saturated heterocycles. The molecule has 1 amide bonds. The first-order valence-corrected chi connectivity index (χ1v) is 8.36. The van der Waals surface area contributed by atoms with Crippen molar-refractivity contribution in [2.24, 2.45) is 0 Å². The number of nitrogens with one attached hydrogen (secondary N) is 1. The van der Waals surface area contributed by atoms with E-state index in [1.54, 1.807) is 0 Å². The van der Waals surface area contributed by atoms with Crippen molar-refractivity contribution in [2.45, 2.75) is 26.8 Å². The van der Waals surface area contributed by atoms with Crippen molar-refractivity contribution in [3.05, 3.63) is 53.3 Å². The van der Waals surface area contributed by atoms with Crippen molar-refractivity contribution in [3.8, 4) is 11.5 Å². The molecule has 7 heteroatoms. The van der Waals surface area contributed by atoms with Gasteiger partial charge in [0.25, 0.3) is 5.91 Å². The molecule has 0 bridgehead atoms. The van der Waals surface area contributed by atoms with E-state index in [9.17, 15) is 9.59 Å². The molecule has 1 atom stereocenters. The second kappa shape index (κ2) is 8.84. The lowest BCUT2D eigenvalue weighted by Crippen LogP contribution is -2.26. The van der Waals surface area contributed by atoms with E-state index < -0.39 is 5.97 Å². The van der Waals surface area contributed by atoms with Crippen LogP contribution in [0.5, 0.6) is 11.5 Å². The topological polar surface area (TPSA) is 97.8 Å². The summed E-state index contributed by atoms with van der Waals surface area (Å²) in [6.45, 7) is 6.68. The maximum atomic E-state index is 12.3. The Hall–Kier alpha value is -3.09. The van der Waals surface area contributed by atoms with E-state index in [0.29, 0.717) is 24.7 Å². The number of hydrogen-bond acceptors (Lipinski definition) is 5. The highest BCUT2D eigenvalue weighted by atomic mass is 16.5. The molecule has 1 unspecified atom stereocenters. The molecule has 0 aliphatic carbocycles. The van der Waals surface area contributed by atoms with Gasteiger partial charge in [0.15, 0.2) is 11.5 Å². The fraction of sp³-hybridized carbons (Fsp3) is 0.316. The number of benzene rings is 1. The Kier molecular flexibility index (Phi) is 6.54. The molecule has 1 aromatic carbocycles. The highest BCUT2D eigenvalue weighted by Crippen LogP contribution is 2.30. The van der Waals surface area contributed by atoms with Gasteiger partial charge in [-0.25, -0.2) is 9.78 Å². The largest absolute Gasteiger partial charge is 0.490 e. The second-order valence-corrected chi connectivity index (χ2v) is 5.50. The van der Waals surface area contributed by atoms with Crippen molar-refractivity contribution >= 4 is 11.9 Å². The molecular weight excluding hydrogens is 336 g/mol. The summed E-state index contributed by atoms with van der Waals surface area (Å²) in [5.41, 5.74) is 1.04. The SMILES string of the molecule is CCOc1ccc(C(C)NC(=O)c2ccc(C(=O)O)nc2)cc1OCC. The molecule has 0 spiro atoms. The molecule has 2 rings (SSSR count). The smallest absolute Gasteiger partial charge is 0.354 e. The van der Waals surface area contributed by atoms with Crippen molar-refractivity contribution in [1.29, 1.82) is 0 Å². The summed E-state index contributed by atoms with van der Waals surface area (Å²) in [5, 5.41) is 11.7. The number of aromatic carboxylic acids is 1. The number of rotatable bonds is 8. The van der Waals surface area contributed by atoms with Crippen molar-refractivity contribution in [3.63, 3.8) is 0 Å². The van der Waals surface area contributed by atoms with Crippen LogP contribution in [-0.2, 0) is 0 Å². The molecule has 0 fully saturated rings. The van der Waals surface area contributed by atoms with Crippen LogP contribution in [0.15, 0.2) is 36.5 Å². The Labute approximate surface area is 152 Å². The van der Waals surface area contributed by atoms with Gasteiger partial charge < -0.3 is 19.9 Å². The minimum atomic E-state index is -1.14. The third kappa shape index (κ3) is 4.72. The lowest BCUT2D eigenvalue weighted by atomic mass is 10.1. The molecule has 1 heterocycles. The van der Waals surface area contributed by atoms with Gasteiger partial charge in [0, 0.05) is 6.20 Å². The standard InChI is InChI=1S/C19H22N2O5/c1-4-25-16-9-7-13(10-17(16)26-5-2)12(3)21-18(22)14-6-8-15(19(23)24)20-11-14/h6-12H,4-5H2,1-3H3,(H,21,22)(H,23,24). The van der Waals surface area contributed by atoms with Crippen LogP contribution in [0.4, 0.5) is 0 Å². The summed E-state index contributed by atoms with van der Waals surface area (Å²) in [6.07, 6.45) is 1.25. The molecule has 1 aromatic heterocycles. The average molecular weight is 358 g/mol. The molecule has 138 valence electrons. The minimum Gasteiger partial charge on any atom is -0.490 e. The summed E-state index contributed by atoms with van der Waals surface area (Å²) >= 11 is 0. The van der Waals surface area contributed by atoms with Crippen LogP contribution in [0.25, 0.3) is 0 Å². The van der Waals surface area contributed by atoms with Gasteiger partial charge in [-0.15, -0.1) is 0 Å². The maximum Gasteiger partial charge on any atom is 0.354 e. The van der Waals surface area contributed by atoms with Gasteiger partial charge in [0.2, 0.25) is 0 Å². The van der Waals surface area contributed by atoms with Gasteiger partial charge >= 0.3 is 5.97 Å². The van der Waals surface area contributed by atoms with E-state index in [2.05, 4.69) is 10.3 Å². The van der Waals surface area contributed by atoms with Crippen LogP contribution in [0.1, 0.15) is 53.2 Å². The molecule has 0 aliphatic heterocycles. The van der Waals surface area contributed by atoms with Gasteiger partial charge in [-0.3, -0.25) is 4.79 Å². The zero-order chi connectivity index (χ0) is 19.1. The fourth-order valence-electron chi connectivity index (χ4n) is 2.36. The van der Waals surface area contributed by atoms with E-state index in [1.165, 1.54) is 18.3 Å². The summed E-state index contributed by atoms with van der Waals surface area (Å²) in [5.74, 6) is -0.192. The maximum absolute atomic E-state index is 12.3. The van der Waals surface area contributed by atoms with E-state index in [4.69, 9.17) is 14.6 Å². The number of ether oxygens (including phenoxy) is 2. The molecule has 7 nitrogen and oxygen atoms in total. The number of pyridine rings is 1. The Balaban J connectivity index is 2.12. The van der Waals surface area contributed by atoms with Crippen LogP contribution in [0.3, 0.4) is 0 Å². The van der Waals surface area contributed by atoms with Gasteiger partial charge in [-0.05, 0) is 50.6 Å². The number of amides is 1. The minimum absolute atomic E-state index is 0.109. The van der Waals surface area contributed by atoms with E-state index >= 15 is 0 Å². The molecule has 2 aromatic rings. The molecule has 0 radical (unpaired) electrons. The van der Waals surface area contributed by atoms with Crippen LogP contribution in [-0.4, -0.2) is 35.2 Å². The average Bonchev–Trinajstić information content (AvgIpc) is 2.63. The van der Waals surface area contributed by atoms with Crippen molar-refractivity contribution < 1.29 is 24.2 Å². The van der Waals surface area contributed by atoms with E-state index in [-0.39, 0.29) is 23.2 Å². The number of carboxylic acids is 1. The Morgan fingerprint density at radius 3 is 2.38 bits per heavy atom.